The number of aryl methyl sites for hydroxylation is 1. The number of nitrogens with zero attached hydrogens (tertiary/aromatic N) is 4. The monoisotopic (exact) mass is 403 g/mol. The van der Waals surface area contributed by atoms with E-state index >= 15 is 0 Å². The highest BCUT2D eigenvalue weighted by Crippen LogP contribution is 2.29. The van der Waals surface area contributed by atoms with Crippen molar-refractivity contribution in [2.24, 2.45) is 0 Å². The molecule has 0 aliphatic carbocycles. The number of aromatic nitrogens is 3. The number of nitriles is 1. The standard InChI is InChI=1S/C21H14FN5OS/c1-13-18(29-21(25-13)14-7-9-16(22)10-8-14)20(28)26-19-15(11-23)12-24-27(19)17-5-3-2-4-6-17/h2-10,12H,1H3,(H,26,28). The predicted molar refractivity (Wildman–Crippen MR) is 108 cm³/mol. The maximum Gasteiger partial charge on any atom is 0.268 e. The molecule has 1 amide bonds. The molecule has 4 rings (SSSR count). The molecule has 4 aromatic rings. The second-order valence-electron chi connectivity index (χ2n) is 6.16. The zero-order valence-corrected chi connectivity index (χ0v) is 16.1. The Morgan fingerprint density at radius 3 is 2.59 bits per heavy atom. The summed E-state index contributed by atoms with van der Waals surface area (Å²) in [5.74, 6) is -0.430. The molecule has 0 atom stereocenters. The number of halogens is 1. The topological polar surface area (TPSA) is 83.6 Å². The van der Waals surface area contributed by atoms with Crippen LogP contribution in [-0.2, 0) is 0 Å². The molecule has 142 valence electrons. The van der Waals surface area contributed by atoms with Gasteiger partial charge in [-0.25, -0.2) is 14.1 Å². The van der Waals surface area contributed by atoms with Gasteiger partial charge in [-0.15, -0.1) is 11.3 Å². The van der Waals surface area contributed by atoms with Crippen molar-refractivity contribution >= 4 is 23.1 Å². The van der Waals surface area contributed by atoms with Crippen molar-refractivity contribution < 1.29 is 9.18 Å². The summed E-state index contributed by atoms with van der Waals surface area (Å²) in [6.07, 6.45) is 1.41. The maximum atomic E-state index is 13.2. The predicted octanol–water partition coefficient (Wildman–Crippen LogP) is 4.57. The van der Waals surface area contributed by atoms with E-state index in [9.17, 15) is 14.4 Å². The van der Waals surface area contributed by atoms with Gasteiger partial charge in [0.15, 0.2) is 5.82 Å². The van der Waals surface area contributed by atoms with Crippen LogP contribution in [0.5, 0.6) is 0 Å². The first-order valence-corrected chi connectivity index (χ1v) is 9.46. The smallest absolute Gasteiger partial charge is 0.268 e. The van der Waals surface area contributed by atoms with Crippen molar-refractivity contribution in [3.63, 3.8) is 0 Å². The van der Waals surface area contributed by atoms with E-state index in [-0.39, 0.29) is 17.3 Å². The minimum Gasteiger partial charge on any atom is -0.305 e. The van der Waals surface area contributed by atoms with Gasteiger partial charge in [-0.2, -0.15) is 10.4 Å². The number of benzene rings is 2. The zero-order chi connectivity index (χ0) is 20.4. The molecule has 1 N–H and O–H groups in total. The highest BCUT2D eigenvalue weighted by Gasteiger charge is 2.20. The van der Waals surface area contributed by atoms with Gasteiger partial charge in [0.05, 0.1) is 17.6 Å². The van der Waals surface area contributed by atoms with E-state index in [1.165, 1.54) is 34.3 Å². The normalized spacial score (nSPS) is 10.5. The average molecular weight is 403 g/mol. The van der Waals surface area contributed by atoms with Crippen LogP contribution in [0.4, 0.5) is 10.2 Å². The summed E-state index contributed by atoms with van der Waals surface area (Å²) in [5, 5.41) is 17.0. The van der Waals surface area contributed by atoms with E-state index in [1.54, 1.807) is 19.1 Å². The number of nitrogens with one attached hydrogen (secondary N) is 1. The van der Waals surface area contributed by atoms with Gasteiger partial charge in [-0.1, -0.05) is 18.2 Å². The molecule has 2 aromatic carbocycles. The summed E-state index contributed by atoms with van der Waals surface area (Å²) >= 11 is 1.21. The SMILES string of the molecule is Cc1nc(-c2ccc(F)cc2)sc1C(=O)Nc1c(C#N)cnn1-c1ccccc1. The van der Waals surface area contributed by atoms with Crippen molar-refractivity contribution in [3.05, 3.63) is 82.7 Å². The second kappa shape index (κ2) is 7.66. The van der Waals surface area contributed by atoms with Gasteiger partial charge in [-0.05, 0) is 43.3 Å². The minimum absolute atomic E-state index is 0.253. The molecule has 6 nitrogen and oxygen atoms in total. The Morgan fingerprint density at radius 1 is 1.17 bits per heavy atom. The van der Waals surface area contributed by atoms with Crippen molar-refractivity contribution in [2.75, 3.05) is 5.32 Å². The Balaban J connectivity index is 1.67. The largest absolute Gasteiger partial charge is 0.305 e. The van der Waals surface area contributed by atoms with E-state index in [0.29, 0.717) is 21.4 Å². The molecule has 0 saturated heterocycles. The lowest BCUT2D eigenvalue weighted by Crippen LogP contribution is -2.15. The highest BCUT2D eigenvalue weighted by atomic mass is 32.1. The van der Waals surface area contributed by atoms with Gasteiger partial charge in [0.2, 0.25) is 0 Å². The molecule has 8 heteroatoms. The summed E-state index contributed by atoms with van der Waals surface area (Å²) in [5.41, 5.74) is 2.25. The number of anilines is 1. The summed E-state index contributed by atoms with van der Waals surface area (Å²) in [6.45, 7) is 1.73. The van der Waals surface area contributed by atoms with Crippen LogP contribution in [0.3, 0.4) is 0 Å². The quantitative estimate of drug-likeness (QED) is 0.541. The van der Waals surface area contributed by atoms with Crippen LogP contribution >= 0.6 is 11.3 Å². The van der Waals surface area contributed by atoms with Crippen LogP contribution in [-0.4, -0.2) is 20.7 Å². The minimum atomic E-state index is -0.387. The number of hydrogen-bond donors (Lipinski definition) is 1. The molecule has 2 aromatic heterocycles. The number of carbonyl (C=O) groups excluding carboxylic acids is 1. The van der Waals surface area contributed by atoms with Crippen LogP contribution in [0, 0.1) is 24.1 Å². The number of thiazole rings is 1. The van der Waals surface area contributed by atoms with Crippen molar-refractivity contribution in [2.45, 2.75) is 6.92 Å². The number of rotatable bonds is 4. The Kier molecular flexibility index (Phi) is 4.89. The average Bonchev–Trinajstić information content (AvgIpc) is 3.32. The van der Waals surface area contributed by atoms with E-state index in [0.717, 1.165) is 11.3 Å². The summed E-state index contributed by atoms with van der Waals surface area (Å²) < 4.78 is 14.7. The molecule has 2 heterocycles. The van der Waals surface area contributed by atoms with Gasteiger partial charge < -0.3 is 5.32 Å². The summed E-state index contributed by atoms with van der Waals surface area (Å²) in [4.78, 5) is 17.8. The fourth-order valence-electron chi connectivity index (χ4n) is 2.80. The third kappa shape index (κ3) is 3.63. The number of hydrogen-bond acceptors (Lipinski definition) is 5. The van der Waals surface area contributed by atoms with Crippen LogP contribution in [0.15, 0.2) is 60.8 Å². The van der Waals surface area contributed by atoms with Gasteiger partial charge in [0.1, 0.15) is 27.3 Å². The van der Waals surface area contributed by atoms with Crippen LogP contribution in [0.1, 0.15) is 20.9 Å². The zero-order valence-electron chi connectivity index (χ0n) is 15.3. The molecule has 0 bridgehead atoms. The van der Waals surface area contributed by atoms with Crippen molar-refractivity contribution in [1.29, 1.82) is 5.26 Å². The molecule has 0 unspecified atom stereocenters. The molecule has 0 aliphatic rings. The second-order valence-corrected chi connectivity index (χ2v) is 7.16. The molecule has 0 spiro atoms. The first-order valence-electron chi connectivity index (χ1n) is 8.65. The number of amides is 1. The van der Waals surface area contributed by atoms with Crippen LogP contribution in [0.2, 0.25) is 0 Å². The Bertz CT molecular complexity index is 1220. The first-order chi connectivity index (χ1) is 14.1. The van der Waals surface area contributed by atoms with Gasteiger partial charge in [0, 0.05) is 5.56 Å². The molecule has 0 saturated carbocycles. The molecule has 0 aliphatic heterocycles. The highest BCUT2D eigenvalue weighted by molar-refractivity contribution is 7.17. The van der Waals surface area contributed by atoms with Crippen molar-refractivity contribution in [3.8, 4) is 22.3 Å². The van der Waals surface area contributed by atoms with E-state index < -0.39 is 0 Å². The van der Waals surface area contributed by atoms with Crippen LogP contribution in [0.25, 0.3) is 16.3 Å². The Morgan fingerprint density at radius 2 is 1.90 bits per heavy atom. The maximum absolute atomic E-state index is 13.2. The lowest BCUT2D eigenvalue weighted by molar-refractivity contribution is 0.102. The fraction of sp³-hybridized carbons (Fsp3) is 0.0476. The molecule has 0 fully saturated rings. The molecule has 0 radical (unpaired) electrons. The van der Waals surface area contributed by atoms with Gasteiger partial charge in [0.25, 0.3) is 5.91 Å². The van der Waals surface area contributed by atoms with Crippen LogP contribution < -0.4 is 5.32 Å². The number of para-hydroxylation sites is 1. The third-order valence-electron chi connectivity index (χ3n) is 4.22. The summed E-state index contributed by atoms with van der Waals surface area (Å²) in [6, 6.07) is 17.2. The van der Waals surface area contributed by atoms with Crippen molar-refractivity contribution in [1.82, 2.24) is 14.8 Å². The number of carbonyl (C=O) groups is 1. The lowest BCUT2D eigenvalue weighted by atomic mass is 10.2. The van der Waals surface area contributed by atoms with Gasteiger partial charge in [-0.3, -0.25) is 4.79 Å². The Hall–Kier alpha value is -3.83. The van der Waals surface area contributed by atoms with E-state index in [2.05, 4.69) is 15.4 Å². The van der Waals surface area contributed by atoms with Gasteiger partial charge >= 0.3 is 0 Å². The first kappa shape index (κ1) is 18.5. The molecular formula is C21H14FN5OS. The molecule has 29 heavy (non-hydrogen) atoms. The van der Waals surface area contributed by atoms with E-state index in [1.807, 2.05) is 36.4 Å². The fourth-order valence-corrected chi connectivity index (χ4v) is 3.77. The molecular weight excluding hydrogens is 389 g/mol. The van der Waals surface area contributed by atoms with E-state index in [4.69, 9.17) is 0 Å². The third-order valence-corrected chi connectivity index (χ3v) is 5.42. The summed E-state index contributed by atoms with van der Waals surface area (Å²) in [7, 11) is 0. The Labute approximate surface area is 169 Å². The lowest BCUT2D eigenvalue weighted by Gasteiger charge is -2.09.